The van der Waals surface area contributed by atoms with Gasteiger partial charge in [0.1, 0.15) is 12.2 Å². The third-order valence-corrected chi connectivity index (χ3v) is 2.77. The number of hydrogen-bond acceptors (Lipinski definition) is 5. The summed E-state index contributed by atoms with van der Waals surface area (Å²) in [6, 6.07) is 0. The van der Waals surface area contributed by atoms with E-state index in [4.69, 9.17) is 19.3 Å². The molecule has 0 unspecified atom stereocenters. The fourth-order valence-electron chi connectivity index (χ4n) is 1.68. The highest BCUT2D eigenvalue weighted by atomic mass is 16.6. The molecule has 0 aliphatic carbocycles. The highest BCUT2D eigenvalue weighted by Gasteiger charge is 2.28. The zero-order chi connectivity index (χ0) is 17.6. The molecule has 0 fully saturated rings. The van der Waals surface area contributed by atoms with Crippen LogP contribution in [0.1, 0.15) is 61.3 Å². The number of aliphatic carboxylic acids is 1. The Kier molecular flexibility index (Phi) is 7.51. The average Bonchev–Trinajstić information content (AvgIpc) is 2.22. The first-order valence-electron chi connectivity index (χ1n) is 7.44. The molecule has 0 bridgehead atoms. The third-order valence-electron chi connectivity index (χ3n) is 2.77. The average molecular weight is 318 g/mol. The minimum absolute atomic E-state index is 0.153. The van der Waals surface area contributed by atoms with Crippen LogP contribution in [0.5, 0.6) is 0 Å². The monoisotopic (exact) mass is 318 g/mol. The largest absolute Gasteiger partial charge is 0.480 e. The lowest BCUT2D eigenvalue weighted by atomic mass is 10.0. The second-order valence-electron chi connectivity index (χ2n) is 7.56. The Hall–Kier alpha value is -1.14. The molecule has 0 aromatic heterocycles. The molecule has 1 N–H and O–H groups in total. The maximum Gasteiger partial charge on any atom is 0.329 e. The smallest absolute Gasteiger partial charge is 0.329 e. The van der Waals surface area contributed by atoms with Crippen molar-refractivity contribution in [2.45, 2.75) is 78.1 Å². The van der Waals surface area contributed by atoms with Crippen LogP contribution in [0.4, 0.5) is 0 Å². The quantitative estimate of drug-likeness (QED) is 0.658. The molecule has 0 aliphatic rings. The van der Waals surface area contributed by atoms with Gasteiger partial charge in [0.15, 0.2) is 0 Å². The summed E-state index contributed by atoms with van der Waals surface area (Å²) in [5, 5.41) is 8.62. The molecular weight excluding hydrogens is 288 g/mol. The number of carboxylic acids is 1. The fraction of sp³-hybridized carbons (Fsp3) is 0.875. The summed E-state index contributed by atoms with van der Waals surface area (Å²) in [7, 11) is 0. The normalized spacial score (nSPS) is 13.0. The summed E-state index contributed by atoms with van der Waals surface area (Å²) in [5.74, 6) is -1.31. The van der Waals surface area contributed by atoms with E-state index in [1.807, 2.05) is 34.6 Å². The van der Waals surface area contributed by atoms with Gasteiger partial charge in [0.05, 0.1) is 24.2 Å². The van der Waals surface area contributed by atoms with Gasteiger partial charge in [0, 0.05) is 0 Å². The number of carbonyl (C=O) groups is 2. The van der Waals surface area contributed by atoms with Gasteiger partial charge in [-0.2, -0.15) is 0 Å². The van der Waals surface area contributed by atoms with Crippen LogP contribution in [-0.4, -0.2) is 47.1 Å². The lowest BCUT2D eigenvalue weighted by Crippen LogP contribution is -2.35. The van der Waals surface area contributed by atoms with Gasteiger partial charge in [-0.3, -0.25) is 4.79 Å². The van der Waals surface area contributed by atoms with Gasteiger partial charge in [-0.05, 0) is 54.9 Å². The van der Waals surface area contributed by atoms with E-state index in [2.05, 4.69) is 0 Å². The standard InChI is InChI=1S/C16H30O6/c1-14(2,3)22-13(19)10-16(6,7)20-9-8-15(4,5)21-11-12(17)18/h8-11H2,1-7H3,(H,17,18). The minimum Gasteiger partial charge on any atom is -0.480 e. The van der Waals surface area contributed by atoms with Gasteiger partial charge in [-0.25, -0.2) is 4.79 Å². The predicted molar refractivity (Wildman–Crippen MR) is 82.8 cm³/mol. The molecule has 0 aromatic carbocycles. The van der Waals surface area contributed by atoms with Crippen LogP contribution >= 0.6 is 0 Å². The number of hydrogen-bond donors (Lipinski definition) is 1. The molecule has 0 rings (SSSR count). The number of esters is 1. The Labute approximate surface area is 133 Å². The van der Waals surface area contributed by atoms with Crippen molar-refractivity contribution in [1.82, 2.24) is 0 Å². The molecule has 0 amide bonds. The first kappa shape index (κ1) is 20.9. The number of carboxylic acid groups (broad SMARTS) is 1. The van der Waals surface area contributed by atoms with Crippen molar-refractivity contribution in [2.24, 2.45) is 0 Å². The van der Waals surface area contributed by atoms with E-state index < -0.39 is 22.8 Å². The van der Waals surface area contributed by atoms with E-state index >= 15 is 0 Å². The van der Waals surface area contributed by atoms with Crippen LogP contribution in [0.25, 0.3) is 0 Å². The lowest BCUT2D eigenvalue weighted by Gasteiger charge is -2.29. The van der Waals surface area contributed by atoms with Crippen LogP contribution in [-0.2, 0) is 23.8 Å². The van der Waals surface area contributed by atoms with Gasteiger partial charge >= 0.3 is 11.9 Å². The molecule has 0 saturated carbocycles. The van der Waals surface area contributed by atoms with E-state index in [9.17, 15) is 9.59 Å². The van der Waals surface area contributed by atoms with Crippen LogP contribution < -0.4 is 0 Å². The summed E-state index contributed by atoms with van der Waals surface area (Å²) in [6.45, 7) is 12.7. The SMILES string of the molecule is CC(C)(C)OC(=O)CC(C)(C)OCCC(C)(C)OCC(=O)O. The molecule has 0 aromatic rings. The van der Waals surface area contributed by atoms with Gasteiger partial charge in [0.25, 0.3) is 0 Å². The van der Waals surface area contributed by atoms with Crippen molar-refractivity contribution in [1.29, 1.82) is 0 Å². The highest BCUT2D eigenvalue weighted by molar-refractivity contribution is 5.71. The Bertz CT molecular complexity index is 379. The van der Waals surface area contributed by atoms with Crippen LogP contribution in [0.3, 0.4) is 0 Å². The van der Waals surface area contributed by atoms with Gasteiger partial charge in [0.2, 0.25) is 0 Å². The molecule has 0 radical (unpaired) electrons. The molecule has 130 valence electrons. The van der Waals surface area contributed by atoms with Crippen LogP contribution in [0.15, 0.2) is 0 Å². The van der Waals surface area contributed by atoms with Crippen LogP contribution in [0.2, 0.25) is 0 Å². The zero-order valence-electron chi connectivity index (χ0n) is 14.8. The van der Waals surface area contributed by atoms with Crippen molar-refractivity contribution >= 4 is 11.9 Å². The van der Waals surface area contributed by atoms with Crippen molar-refractivity contribution in [3.8, 4) is 0 Å². The summed E-state index contributed by atoms with van der Waals surface area (Å²) in [5.41, 5.74) is -1.76. The highest BCUT2D eigenvalue weighted by Crippen LogP contribution is 2.21. The van der Waals surface area contributed by atoms with Crippen LogP contribution in [0, 0.1) is 0 Å². The molecular formula is C16H30O6. The molecule has 0 spiro atoms. The molecule has 22 heavy (non-hydrogen) atoms. The maximum absolute atomic E-state index is 11.8. The number of ether oxygens (including phenoxy) is 3. The third kappa shape index (κ3) is 11.5. The zero-order valence-corrected chi connectivity index (χ0v) is 14.8. The van der Waals surface area contributed by atoms with E-state index in [-0.39, 0.29) is 19.0 Å². The molecule has 0 atom stereocenters. The Morgan fingerprint density at radius 3 is 1.91 bits per heavy atom. The van der Waals surface area contributed by atoms with E-state index in [1.54, 1.807) is 13.8 Å². The molecule has 0 saturated heterocycles. The topological polar surface area (TPSA) is 82.1 Å². The lowest BCUT2D eigenvalue weighted by molar-refractivity contribution is -0.163. The van der Waals surface area contributed by atoms with Crippen molar-refractivity contribution in [2.75, 3.05) is 13.2 Å². The van der Waals surface area contributed by atoms with E-state index in [1.165, 1.54) is 0 Å². The summed E-state index contributed by atoms with van der Waals surface area (Å²) < 4.78 is 16.3. The maximum atomic E-state index is 11.8. The second kappa shape index (κ2) is 7.92. The van der Waals surface area contributed by atoms with E-state index in [0.717, 1.165) is 0 Å². The fourth-order valence-corrected chi connectivity index (χ4v) is 1.68. The Balaban J connectivity index is 4.21. The van der Waals surface area contributed by atoms with Gasteiger partial charge in [-0.1, -0.05) is 0 Å². The van der Waals surface area contributed by atoms with Crippen molar-refractivity contribution in [3.05, 3.63) is 0 Å². The van der Waals surface area contributed by atoms with Crippen molar-refractivity contribution < 1.29 is 28.9 Å². The summed E-state index contributed by atoms with van der Waals surface area (Å²) in [6.07, 6.45) is 0.679. The first-order valence-corrected chi connectivity index (χ1v) is 7.44. The molecule has 0 heterocycles. The van der Waals surface area contributed by atoms with Gasteiger partial charge < -0.3 is 19.3 Å². The summed E-state index contributed by atoms with van der Waals surface area (Å²) >= 11 is 0. The molecule has 6 heteroatoms. The first-order chi connectivity index (χ1) is 9.72. The van der Waals surface area contributed by atoms with Crippen molar-refractivity contribution in [3.63, 3.8) is 0 Å². The second-order valence-corrected chi connectivity index (χ2v) is 7.56. The summed E-state index contributed by atoms with van der Waals surface area (Å²) in [4.78, 5) is 22.3. The van der Waals surface area contributed by atoms with E-state index in [0.29, 0.717) is 13.0 Å². The Morgan fingerprint density at radius 2 is 1.45 bits per heavy atom. The van der Waals surface area contributed by atoms with Gasteiger partial charge in [-0.15, -0.1) is 0 Å². The number of carbonyl (C=O) groups excluding carboxylic acids is 1. The molecule has 0 aliphatic heterocycles. The Morgan fingerprint density at radius 1 is 0.909 bits per heavy atom. The number of rotatable bonds is 9. The minimum atomic E-state index is -1.00. The predicted octanol–water partition coefficient (Wildman–Crippen LogP) is 2.78. The molecule has 6 nitrogen and oxygen atoms in total.